The number of carbonyl (C=O) groups excluding carboxylic acids is 1. The standard InChI is InChI=1S/C17H17BrN2O4/c1-2-23-16-9-12(7-8-14(16)21)10-19-20-17(22)11-24-15-6-4-3-5-13(15)18/h3-10,21H,2,11H2,1H3,(H,20,22). The van der Waals surface area contributed by atoms with E-state index in [1.165, 1.54) is 12.3 Å². The summed E-state index contributed by atoms with van der Waals surface area (Å²) in [7, 11) is 0. The lowest BCUT2D eigenvalue weighted by Gasteiger charge is -2.07. The smallest absolute Gasteiger partial charge is 0.277 e. The normalized spacial score (nSPS) is 10.6. The van der Waals surface area contributed by atoms with Gasteiger partial charge < -0.3 is 14.6 Å². The van der Waals surface area contributed by atoms with Crippen LogP contribution >= 0.6 is 15.9 Å². The second-order valence-corrected chi connectivity index (χ2v) is 5.53. The maximum atomic E-state index is 11.7. The molecule has 126 valence electrons. The lowest BCUT2D eigenvalue weighted by atomic mass is 10.2. The summed E-state index contributed by atoms with van der Waals surface area (Å²) in [6, 6.07) is 12.0. The zero-order valence-electron chi connectivity index (χ0n) is 13.0. The number of benzene rings is 2. The third kappa shape index (κ3) is 5.27. The summed E-state index contributed by atoms with van der Waals surface area (Å²) >= 11 is 3.34. The largest absolute Gasteiger partial charge is 0.504 e. The molecule has 0 atom stereocenters. The molecular weight excluding hydrogens is 376 g/mol. The number of para-hydroxylation sites is 1. The minimum Gasteiger partial charge on any atom is -0.504 e. The van der Waals surface area contributed by atoms with Crippen LogP contribution in [0.5, 0.6) is 17.2 Å². The molecule has 0 spiro atoms. The van der Waals surface area contributed by atoms with Gasteiger partial charge in [-0.15, -0.1) is 0 Å². The number of nitrogens with zero attached hydrogens (tertiary/aromatic N) is 1. The van der Waals surface area contributed by atoms with Gasteiger partial charge in [0.05, 0.1) is 17.3 Å². The number of hydrazone groups is 1. The fourth-order valence-electron chi connectivity index (χ4n) is 1.80. The van der Waals surface area contributed by atoms with Crippen molar-refractivity contribution in [2.24, 2.45) is 5.10 Å². The monoisotopic (exact) mass is 392 g/mol. The predicted molar refractivity (Wildman–Crippen MR) is 94.6 cm³/mol. The SMILES string of the molecule is CCOc1cc(C=NNC(=O)COc2ccccc2Br)ccc1O. The summed E-state index contributed by atoms with van der Waals surface area (Å²) in [5.74, 6) is 0.618. The van der Waals surface area contributed by atoms with Crippen LogP contribution in [0.4, 0.5) is 0 Å². The number of rotatable bonds is 7. The van der Waals surface area contributed by atoms with Gasteiger partial charge in [-0.25, -0.2) is 5.43 Å². The molecule has 0 bridgehead atoms. The van der Waals surface area contributed by atoms with Crippen molar-refractivity contribution in [3.8, 4) is 17.2 Å². The second-order valence-electron chi connectivity index (χ2n) is 4.67. The fourth-order valence-corrected chi connectivity index (χ4v) is 2.20. The number of nitrogens with one attached hydrogen (secondary N) is 1. The van der Waals surface area contributed by atoms with Crippen molar-refractivity contribution in [1.82, 2.24) is 5.43 Å². The van der Waals surface area contributed by atoms with Crippen LogP contribution in [0.25, 0.3) is 0 Å². The summed E-state index contributed by atoms with van der Waals surface area (Å²) in [6.45, 7) is 2.11. The number of aromatic hydroxyl groups is 1. The molecule has 1 amide bonds. The number of hydrogen-bond donors (Lipinski definition) is 2. The van der Waals surface area contributed by atoms with E-state index in [4.69, 9.17) is 9.47 Å². The quantitative estimate of drug-likeness (QED) is 0.560. The van der Waals surface area contributed by atoms with E-state index in [1.54, 1.807) is 18.2 Å². The molecule has 0 radical (unpaired) electrons. The van der Waals surface area contributed by atoms with Gasteiger partial charge in [-0.1, -0.05) is 12.1 Å². The molecule has 0 aliphatic heterocycles. The highest BCUT2D eigenvalue weighted by atomic mass is 79.9. The van der Waals surface area contributed by atoms with Gasteiger partial charge in [-0.2, -0.15) is 5.10 Å². The third-order valence-electron chi connectivity index (χ3n) is 2.88. The van der Waals surface area contributed by atoms with Crippen LogP contribution in [0.1, 0.15) is 12.5 Å². The van der Waals surface area contributed by atoms with Gasteiger partial charge in [0.25, 0.3) is 5.91 Å². The minimum atomic E-state index is -0.384. The van der Waals surface area contributed by atoms with Gasteiger partial charge in [0.15, 0.2) is 18.1 Å². The van der Waals surface area contributed by atoms with Crippen LogP contribution in [-0.2, 0) is 4.79 Å². The van der Waals surface area contributed by atoms with E-state index in [2.05, 4.69) is 26.5 Å². The molecule has 2 rings (SSSR count). The van der Waals surface area contributed by atoms with Gasteiger partial charge >= 0.3 is 0 Å². The molecule has 0 saturated carbocycles. The van der Waals surface area contributed by atoms with Gasteiger partial charge in [-0.05, 0) is 58.7 Å². The molecular formula is C17H17BrN2O4. The van der Waals surface area contributed by atoms with Gasteiger partial charge in [-0.3, -0.25) is 4.79 Å². The van der Waals surface area contributed by atoms with Crippen LogP contribution in [0.3, 0.4) is 0 Å². The molecule has 0 unspecified atom stereocenters. The molecule has 2 aromatic rings. The van der Waals surface area contributed by atoms with Gasteiger partial charge in [0.2, 0.25) is 0 Å². The Kier molecular flexibility index (Phi) is 6.62. The molecule has 0 aliphatic carbocycles. The molecule has 0 aliphatic rings. The number of phenolic OH excluding ortho intramolecular Hbond substituents is 1. The van der Waals surface area contributed by atoms with E-state index in [0.29, 0.717) is 23.7 Å². The van der Waals surface area contributed by atoms with Gasteiger partial charge in [0, 0.05) is 0 Å². The highest BCUT2D eigenvalue weighted by molar-refractivity contribution is 9.10. The molecule has 2 N–H and O–H groups in total. The number of hydrogen-bond acceptors (Lipinski definition) is 5. The summed E-state index contributed by atoms with van der Waals surface area (Å²) in [6.07, 6.45) is 1.46. The Balaban J connectivity index is 1.86. The van der Waals surface area contributed by atoms with E-state index in [0.717, 1.165) is 4.47 Å². The number of ether oxygens (including phenoxy) is 2. The average Bonchev–Trinajstić information content (AvgIpc) is 2.57. The zero-order chi connectivity index (χ0) is 17.4. The van der Waals surface area contributed by atoms with E-state index >= 15 is 0 Å². The first-order valence-electron chi connectivity index (χ1n) is 7.25. The Bertz CT molecular complexity index is 734. The van der Waals surface area contributed by atoms with E-state index < -0.39 is 0 Å². The topological polar surface area (TPSA) is 80.2 Å². The summed E-state index contributed by atoms with van der Waals surface area (Å²) in [4.78, 5) is 11.7. The second kappa shape index (κ2) is 8.93. The van der Waals surface area contributed by atoms with Crippen LogP contribution in [-0.4, -0.2) is 30.4 Å². The number of amides is 1. The highest BCUT2D eigenvalue weighted by Gasteiger charge is 2.05. The van der Waals surface area contributed by atoms with Crippen molar-refractivity contribution in [3.05, 3.63) is 52.5 Å². The van der Waals surface area contributed by atoms with Crippen molar-refractivity contribution in [3.63, 3.8) is 0 Å². The zero-order valence-corrected chi connectivity index (χ0v) is 14.6. The minimum absolute atomic E-state index is 0.0554. The first-order valence-corrected chi connectivity index (χ1v) is 8.04. The average molecular weight is 393 g/mol. The fraction of sp³-hybridized carbons (Fsp3) is 0.176. The van der Waals surface area contributed by atoms with Crippen molar-refractivity contribution in [2.45, 2.75) is 6.92 Å². The van der Waals surface area contributed by atoms with Crippen molar-refractivity contribution < 1.29 is 19.4 Å². The Morgan fingerprint density at radius 1 is 1.25 bits per heavy atom. The van der Waals surface area contributed by atoms with E-state index in [1.807, 2.05) is 25.1 Å². The molecule has 0 aromatic heterocycles. The maximum Gasteiger partial charge on any atom is 0.277 e. The first kappa shape index (κ1) is 17.8. The number of halogens is 1. The number of phenols is 1. The maximum absolute atomic E-state index is 11.7. The molecule has 0 fully saturated rings. The molecule has 0 heterocycles. The Hall–Kier alpha value is -2.54. The van der Waals surface area contributed by atoms with E-state index in [9.17, 15) is 9.90 Å². The molecule has 2 aromatic carbocycles. The molecule has 6 nitrogen and oxygen atoms in total. The molecule has 24 heavy (non-hydrogen) atoms. The first-order chi connectivity index (χ1) is 11.6. The van der Waals surface area contributed by atoms with Crippen LogP contribution in [0, 0.1) is 0 Å². The van der Waals surface area contributed by atoms with Crippen LogP contribution in [0.15, 0.2) is 52.0 Å². The summed E-state index contributed by atoms with van der Waals surface area (Å²) in [5.41, 5.74) is 3.06. The summed E-state index contributed by atoms with van der Waals surface area (Å²) in [5, 5.41) is 13.5. The van der Waals surface area contributed by atoms with Gasteiger partial charge in [0.1, 0.15) is 5.75 Å². The Morgan fingerprint density at radius 2 is 2.04 bits per heavy atom. The van der Waals surface area contributed by atoms with Crippen molar-refractivity contribution >= 4 is 28.1 Å². The van der Waals surface area contributed by atoms with Crippen LogP contribution in [0.2, 0.25) is 0 Å². The van der Waals surface area contributed by atoms with E-state index in [-0.39, 0.29) is 18.3 Å². The predicted octanol–water partition coefficient (Wildman–Crippen LogP) is 3.08. The Morgan fingerprint density at radius 3 is 2.79 bits per heavy atom. The number of carbonyl (C=O) groups is 1. The van der Waals surface area contributed by atoms with Crippen molar-refractivity contribution in [2.75, 3.05) is 13.2 Å². The van der Waals surface area contributed by atoms with Crippen molar-refractivity contribution in [1.29, 1.82) is 0 Å². The highest BCUT2D eigenvalue weighted by Crippen LogP contribution is 2.26. The molecule has 7 heteroatoms. The van der Waals surface area contributed by atoms with Crippen LogP contribution < -0.4 is 14.9 Å². The lowest BCUT2D eigenvalue weighted by molar-refractivity contribution is -0.123. The Labute approximate surface area is 148 Å². The lowest BCUT2D eigenvalue weighted by Crippen LogP contribution is -2.24. The summed E-state index contributed by atoms with van der Waals surface area (Å²) < 4.78 is 11.4. The third-order valence-corrected chi connectivity index (χ3v) is 3.54. The molecule has 0 saturated heterocycles.